The van der Waals surface area contributed by atoms with Crippen molar-refractivity contribution < 1.29 is 23.7 Å². The minimum atomic E-state index is -0.742. The Labute approximate surface area is 123 Å². The van der Waals surface area contributed by atoms with Crippen molar-refractivity contribution in [2.24, 2.45) is 5.41 Å². The number of carbonyl (C=O) groups is 2. The molecular formula is C15H20FNO4. The normalized spacial score (nSPS) is 11.1. The average Bonchev–Trinajstić information content (AvgIpc) is 2.42. The molecule has 0 fully saturated rings. The Morgan fingerprint density at radius 3 is 2.24 bits per heavy atom. The lowest BCUT2D eigenvalue weighted by atomic mass is 9.98. The van der Waals surface area contributed by atoms with Crippen molar-refractivity contribution in [1.82, 2.24) is 5.23 Å². The Bertz CT molecular complexity index is 493. The van der Waals surface area contributed by atoms with Gasteiger partial charge < -0.3 is 4.84 Å². The molecule has 0 saturated carbocycles. The highest BCUT2D eigenvalue weighted by Gasteiger charge is 2.28. The van der Waals surface area contributed by atoms with Gasteiger partial charge in [0.05, 0.1) is 12.5 Å². The second-order valence-corrected chi connectivity index (χ2v) is 5.59. The largest absolute Gasteiger partial charge is 0.340 e. The van der Waals surface area contributed by atoms with E-state index >= 15 is 0 Å². The maximum absolute atomic E-state index is 12.8. The average molecular weight is 297 g/mol. The summed E-state index contributed by atoms with van der Waals surface area (Å²) in [5.41, 5.74) is 0.0662. The van der Waals surface area contributed by atoms with Crippen LogP contribution in [0.4, 0.5) is 4.39 Å². The van der Waals surface area contributed by atoms with E-state index in [1.54, 1.807) is 32.9 Å². The van der Waals surface area contributed by atoms with Crippen molar-refractivity contribution in [3.05, 3.63) is 35.6 Å². The molecule has 0 aromatic heterocycles. The number of rotatable bonds is 4. The summed E-state index contributed by atoms with van der Waals surface area (Å²) < 4.78 is 12.8. The maximum Gasteiger partial charge on any atom is 0.340 e. The van der Waals surface area contributed by atoms with Gasteiger partial charge in [-0.3, -0.25) is 4.79 Å². The van der Waals surface area contributed by atoms with E-state index in [1.807, 2.05) is 0 Å². The van der Waals surface area contributed by atoms with Crippen LogP contribution in [-0.2, 0) is 25.7 Å². The highest BCUT2D eigenvalue weighted by molar-refractivity contribution is 5.79. The first kappa shape index (κ1) is 17.1. The Kier molecular flexibility index (Phi) is 5.84. The molecule has 5 nitrogen and oxygen atoms in total. The Balaban J connectivity index is 2.55. The van der Waals surface area contributed by atoms with Gasteiger partial charge in [0.2, 0.25) is 0 Å². The van der Waals surface area contributed by atoms with E-state index in [4.69, 9.17) is 9.68 Å². The van der Waals surface area contributed by atoms with Gasteiger partial charge in [-0.15, -0.1) is 0 Å². The van der Waals surface area contributed by atoms with Crippen molar-refractivity contribution in [2.45, 2.75) is 33.6 Å². The number of amides is 1. The van der Waals surface area contributed by atoms with Crippen molar-refractivity contribution in [3.63, 3.8) is 0 Å². The monoisotopic (exact) mass is 297 g/mol. The molecular weight excluding hydrogens is 277 g/mol. The van der Waals surface area contributed by atoms with E-state index in [0.717, 1.165) is 5.56 Å². The van der Waals surface area contributed by atoms with Gasteiger partial charge in [0, 0.05) is 6.42 Å². The molecule has 0 radical (unpaired) electrons. The molecule has 0 unspecified atom stereocenters. The van der Waals surface area contributed by atoms with Gasteiger partial charge in [-0.25, -0.2) is 14.0 Å². The van der Waals surface area contributed by atoms with E-state index in [0.29, 0.717) is 11.6 Å². The van der Waals surface area contributed by atoms with Crippen LogP contribution in [0, 0.1) is 11.2 Å². The summed E-state index contributed by atoms with van der Waals surface area (Å²) in [6, 6.07) is 5.85. The number of halogens is 1. The Morgan fingerprint density at radius 2 is 1.76 bits per heavy atom. The van der Waals surface area contributed by atoms with Crippen LogP contribution >= 0.6 is 0 Å². The van der Waals surface area contributed by atoms with Crippen LogP contribution in [0.25, 0.3) is 0 Å². The first-order valence-electron chi connectivity index (χ1n) is 6.58. The van der Waals surface area contributed by atoms with Crippen LogP contribution in [0.1, 0.15) is 32.8 Å². The summed E-state index contributed by atoms with van der Waals surface area (Å²) in [4.78, 5) is 33.3. The second-order valence-electron chi connectivity index (χ2n) is 5.59. The topological polar surface area (TPSA) is 55.8 Å². The molecule has 1 rings (SSSR count). The van der Waals surface area contributed by atoms with Gasteiger partial charge in [0.25, 0.3) is 5.91 Å². The third-order valence-corrected chi connectivity index (χ3v) is 2.69. The summed E-state index contributed by atoms with van der Waals surface area (Å²) in [5, 5.41) is 0.580. The van der Waals surface area contributed by atoms with Crippen LogP contribution in [0.2, 0.25) is 0 Å². The predicted molar refractivity (Wildman–Crippen MR) is 74.1 cm³/mol. The number of hydrogen-bond donors (Lipinski definition) is 0. The fourth-order valence-electron chi connectivity index (χ4n) is 1.40. The van der Waals surface area contributed by atoms with Gasteiger partial charge >= 0.3 is 5.97 Å². The zero-order valence-electron chi connectivity index (χ0n) is 12.7. The van der Waals surface area contributed by atoms with Gasteiger partial charge in [0.1, 0.15) is 5.82 Å². The molecule has 1 aromatic carbocycles. The van der Waals surface area contributed by atoms with Crippen molar-refractivity contribution in [2.75, 3.05) is 7.11 Å². The molecule has 0 aliphatic carbocycles. The van der Waals surface area contributed by atoms with E-state index in [2.05, 4.69) is 0 Å². The molecule has 116 valence electrons. The van der Waals surface area contributed by atoms with Crippen LogP contribution in [-0.4, -0.2) is 24.2 Å². The van der Waals surface area contributed by atoms with E-state index in [-0.39, 0.29) is 12.2 Å². The van der Waals surface area contributed by atoms with Crippen LogP contribution in [0.3, 0.4) is 0 Å². The zero-order valence-corrected chi connectivity index (χ0v) is 12.7. The molecule has 0 aliphatic heterocycles. The molecule has 1 aromatic rings. The van der Waals surface area contributed by atoms with Crippen LogP contribution in [0.5, 0.6) is 0 Å². The number of nitrogens with zero attached hydrogens (tertiary/aromatic N) is 1. The highest BCUT2D eigenvalue weighted by Crippen LogP contribution is 2.17. The summed E-state index contributed by atoms with van der Waals surface area (Å²) >= 11 is 0. The fourth-order valence-corrected chi connectivity index (χ4v) is 1.40. The van der Waals surface area contributed by atoms with Crippen molar-refractivity contribution in [3.8, 4) is 0 Å². The lowest BCUT2D eigenvalue weighted by molar-refractivity contribution is -0.315. The van der Waals surface area contributed by atoms with Gasteiger partial charge in [0.15, 0.2) is 0 Å². The van der Waals surface area contributed by atoms with E-state index in [9.17, 15) is 14.0 Å². The molecule has 0 heterocycles. The van der Waals surface area contributed by atoms with E-state index in [1.165, 1.54) is 19.2 Å². The minimum Gasteiger partial charge on any atom is -0.311 e. The Hall–Kier alpha value is -1.95. The SMILES string of the molecule is CON(OC(=O)C(C)(C)C)C(=O)CCc1ccc(F)cc1. The highest BCUT2D eigenvalue weighted by atomic mass is 19.1. The first-order chi connectivity index (χ1) is 9.74. The Morgan fingerprint density at radius 1 is 1.19 bits per heavy atom. The standard InChI is InChI=1S/C15H20FNO4/c1-15(2,3)14(19)21-17(20-4)13(18)10-7-11-5-8-12(16)9-6-11/h5-6,8-9H,7,10H2,1-4H3. The zero-order chi connectivity index (χ0) is 16.0. The molecule has 0 aliphatic rings. The number of benzene rings is 1. The smallest absolute Gasteiger partial charge is 0.311 e. The van der Waals surface area contributed by atoms with E-state index < -0.39 is 17.3 Å². The molecule has 0 N–H and O–H groups in total. The van der Waals surface area contributed by atoms with Gasteiger partial charge in [-0.1, -0.05) is 12.1 Å². The number of aryl methyl sites for hydroxylation is 1. The molecule has 21 heavy (non-hydrogen) atoms. The van der Waals surface area contributed by atoms with Crippen LogP contribution in [0.15, 0.2) is 24.3 Å². The first-order valence-corrected chi connectivity index (χ1v) is 6.58. The quantitative estimate of drug-likeness (QED) is 0.802. The lowest BCUT2D eigenvalue weighted by Gasteiger charge is -2.22. The summed E-state index contributed by atoms with van der Waals surface area (Å²) in [7, 11) is 1.24. The number of carbonyl (C=O) groups excluding carboxylic acids is 2. The third-order valence-electron chi connectivity index (χ3n) is 2.69. The summed E-state index contributed by atoms with van der Waals surface area (Å²) in [6.07, 6.45) is 0.475. The summed E-state index contributed by atoms with van der Waals surface area (Å²) in [5.74, 6) is -1.39. The maximum atomic E-state index is 12.8. The lowest BCUT2D eigenvalue weighted by Crippen LogP contribution is -2.37. The molecule has 0 saturated heterocycles. The molecule has 0 spiro atoms. The number of hydrogen-bond acceptors (Lipinski definition) is 4. The predicted octanol–water partition coefficient (Wildman–Crippen LogP) is 2.65. The van der Waals surface area contributed by atoms with Crippen LogP contribution < -0.4 is 0 Å². The second kappa shape index (κ2) is 7.17. The third kappa shape index (κ3) is 5.51. The number of hydroxylamine groups is 2. The van der Waals surface area contributed by atoms with Gasteiger partial charge in [-0.05, 0) is 50.1 Å². The summed E-state index contributed by atoms with van der Waals surface area (Å²) in [6.45, 7) is 5.02. The van der Waals surface area contributed by atoms with Gasteiger partial charge in [-0.2, -0.15) is 0 Å². The van der Waals surface area contributed by atoms with Crippen molar-refractivity contribution >= 4 is 11.9 Å². The molecule has 0 atom stereocenters. The minimum absolute atomic E-state index is 0.0803. The molecule has 1 amide bonds. The van der Waals surface area contributed by atoms with Crippen molar-refractivity contribution in [1.29, 1.82) is 0 Å². The molecule has 6 heteroatoms. The molecule has 0 bridgehead atoms. The fraction of sp³-hybridized carbons (Fsp3) is 0.467.